The molecule has 0 amide bonds. The fourth-order valence-electron chi connectivity index (χ4n) is 3.37. The molecule has 8 nitrogen and oxygen atoms in total. The Bertz CT molecular complexity index is 726. The highest BCUT2D eigenvalue weighted by Crippen LogP contribution is 2.16. The molecule has 1 aliphatic rings. The zero-order valence-electron chi connectivity index (χ0n) is 16.7. The molecule has 152 valence electrons. The van der Waals surface area contributed by atoms with Gasteiger partial charge in [0.15, 0.2) is 11.8 Å². The van der Waals surface area contributed by atoms with Crippen LogP contribution in [0.3, 0.4) is 0 Å². The summed E-state index contributed by atoms with van der Waals surface area (Å²) in [5, 5.41) is 10.3. The summed E-state index contributed by atoms with van der Waals surface area (Å²) in [6.45, 7) is 4.14. The van der Waals surface area contributed by atoms with Crippen LogP contribution in [0.2, 0.25) is 0 Å². The predicted molar refractivity (Wildman–Crippen MR) is 109 cm³/mol. The number of benzene rings is 1. The summed E-state index contributed by atoms with van der Waals surface area (Å²) in [7, 11) is 3.56. The minimum absolute atomic E-state index is 0.338. The lowest BCUT2D eigenvalue weighted by molar-refractivity contribution is 0.00989. The van der Waals surface area contributed by atoms with Gasteiger partial charge in [0.05, 0.1) is 6.10 Å². The number of guanidine groups is 1. The number of hydrogen-bond donors (Lipinski definition) is 2. The fraction of sp³-hybridized carbons (Fsp3) is 0.550. The van der Waals surface area contributed by atoms with Gasteiger partial charge in [0.25, 0.3) is 0 Å². The van der Waals surface area contributed by atoms with Gasteiger partial charge in [-0.15, -0.1) is 0 Å². The van der Waals surface area contributed by atoms with E-state index in [0.717, 1.165) is 62.9 Å². The van der Waals surface area contributed by atoms with E-state index in [1.807, 2.05) is 19.2 Å². The third kappa shape index (κ3) is 5.77. The smallest absolute Gasteiger partial charge is 0.193 e. The number of rotatable bonds is 8. The van der Waals surface area contributed by atoms with Gasteiger partial charge in [-0.25, -0.2) is 4.98 Å². The van der Waals surface area contributed by atoms with Gasteiger partial charge in [0, 0.05) is 52.6 Å². The van der Waals surface area contributed by atoms with Gasteiger partial charge in [-0.05, 0) is 30.9 Å². The van der Waals surface area contributed by atoms with Crippen molar-refractivity contribution in [3.05, 3.63) is 36.2 Å². The van der Waals surface area contributed by atoms with Crippen LogP contribution in [0.15, 0.2) is 35.6 Å². The van der Waals surface area contributed by atoms with E-state index in [1.54, 1.807) is 7.11 Å². The van der Waals surface area contributed by atoms with Crippen LogP contribution in [0.5, 0.6) is 0 Å². The van der Waals surface area contributed by atoms with Crippen LogP contribution in [-0.4, -0.2) is 72.6 Å². The molecule has 0 unspecified atom stereocenters. The van der Waals surface area contributed by atoms with E-state index in [0.29, 0.717) is 12.6 Å². The third-order valence-corrected chi connectivity index (χ3v) is 4.87. The predicted octanol–water partition coefficient (Wildman–Crippen LogP) is 2.06. The lowest BCUT2D eigenvalue weighted by Gasteiger charge is -2.34. The van der Waals surface area contributed by atoms with Crippen LogP contribution in [-0.2, 0) is 16.0 Å². The van der Waals surface area contributed by atoms with Crippen molar-refractivity contribution < 1.29 is 9.47 Å². The zero-order chi connectivity index (χ0) is 19.6. The fourth-order valence-corrected chi connectivity index (χ4v) is 3.37. The molecule has 1 aromatic carbocycles. The minimum atomic E-state index is 0.338. The van der Waals surface area contributed by atoms with E-state index in [9.17, 15) is 0 Å². The normalized spacial score (nSPS) is 15.8. The van der Waals surface area contributed by atoms with Crippen molar-refractivity contribution >= 4 is 5.96 Å². The lowest BCUT2D eigenvalue weighted by atomic mass is 10.1. The first-order valence-corrected chi connectivity index (χ1v) is 9.81. The summed E-state index contributed by atoms with van der Waals surface area (Å²) in [5.41, 5.74) is 2.20. The number of aliphatic imine (C=N–C) groups is 1. The van der Waals surface area contributed by atoms with Crippen LogP contribution < -0.4 is 5.32 Å². The van der Waals surface area contributed by atoms with E-state index >= 15 is 0 Å². The number of nitrogens with one attached hydrogen (secondary N) is 2. The molecular weight excluding hydrogens is 356 g/mol. The quantitative estimate of drug-likeness (QED) is 0.410. The van der Waals surface area contributed by atoms with Gasteiger partial charge in [0.2, 0.25) is 0 Å². The van der Waals surface area contributed by atoms with Crippen molar-refractivity contribution in [1.82, 2.24) is 25.4 Å². The van der Waals surface area contributed by atoms with E-state index < -0.39 is 0 Å². The number of methoxy groups -OCH3 is 1. The Labute approximate surface area is 166 Å². The maximum atomic E-state index is 5.94. The number of piperidine rings is 1. The summed E-state index contributed by atoms with van der Waals surface area (Å²) >= 11 is 0. The Morgan fingerprint density at radius 2 is 2.18 bits per heavy atom. The van der Waals surface area contributed by atoms with Gasteiger partial charge < -0.3 is 19.7 Å². The van der Waals surface area contributed by atoms with Gasteiger partial charge in [-0.3, -0.25) is 10.1 Å². The van der Waals surface area contributed by atoms with Crippen molar-refractivity contribution in [3.8, 4) is 11.4 Å². The first-order chi connectivity index (χ1) is 13.8. The van der Waals surface area contributed by atoms with Gasteiger partial charge in [-0.2, -0.15) is 5.10 Å². The molecule has 1 aliphatic heterocycles. The standard InChI is InChI=1S/C20H30N6O2/c1-21-20(26-9-7-18(8-10-26)28-12-4-11-27-2)22-14-16-5-3-6-17(13-16)19-23-15-24-25-19/h3,5-6,13,15,18H,4,7-12,14H2,1-2H3,(H,21,22)(H,23,24,25). The summed E-state index contributed by atoms with van der Waals surface area (Å²) in [4.78, 5) is 11.0. The van der Waals surface area contributed by atoms with Gasteiger partial charge in [0.1, 0.15) is 6.33 Å². The Kier molecular flexibility index (Phi) is 7.81. The highest BCUT2D eigenvalue weighted by molar-refractivity contribution is 5.80. The van der Waals surface area contributed by atoms with E-state index in [-0.39, 0.29) is 0 Å². The number of ether oxygens (including phenoxy) is 2. The topological polar surface area (TPSA) is 87.7 Å². The zero-order valence-corrected chi connectivity index (χ0v) is 16.7. The second kappa shape index (κ2) is 10.8. The summed E-state index contributed by atoms with van der Waals surface area (Å²) in [6, 6.07) is 8.27. The van der Waals surface area contributed by atoms with Crippen LogP contribution in [0.25, 0.3) is 11.4 Å². The Morgan fingerprint density at radius 1 is 1.32 bits per heavy atom. The molecule has 0 spiro atoms. The Morgan fingerprint density at radius 3 is 2.89 bits per heavy atom. The van der Waals surface area contributed by atoms with Crippen LogP contribution >= 0.6 is 0 Å². The molecule has 8 heteroatoms. The molecule has 2 N–H and O–H groups in total. The second-order valence-electron chi connectivity index (χ2n) is 6.84. The molecule has 1 fully saturated rings. The number of likely N-dealkylation sites (tertiary alicyclic amines) is 1. The molecule has 1 aromatic heterocycles. The first kappa shape index (κ1) is 20.3. The number of aromatic amines is 1. The Balaban J connectivity index is 1.46. The molecule has 1 saturated heterocycles. The largest absolute Gasteiger partial charge is 0.385 e. The van der Waals surface area contributed by atoms with E-state index in [2.05, 4.69) is 42.5 Å². The van der Waals surface area contributed by atoms with Crippen LogP contribution in [0.4, 0.5) is 0 Å². The molecule has 2 heterocycles. The van der Waals surface area contributed by atoms with Gasteiger partial charge >= 0.3 is 0 Å². The minimum Gasteiger partial charge on any atom is -0.385 e. The molecule has 0 radical (unpaired) electrons. The van der Waals surface area contributed by atoms with Crippen molar-refractivity contribution in [1.29, 1.82) is 0 Å². The average molecular weight is 387 g/mol. The third-order valence-electron chi connectivity index (χ3n) is 4.87. The number of hydrogen-bond acceptors (Lipinski definition) is 5. The van der Waals surface area contributed by atoms with Crippen LogP contribution in [0.1, 0.15) is 24.8 Å². The summed E-state index contributed by atoms with van der Waals surface area (Å²) in [6.07, 6.45) is 4.86. The van der Waals surface area contributed by atoms with Crippen molar-refractivity contribution in [2.75, 3.05) is 40.5 Å². The molecule has 3 rings (SSSR count). The highest BCUT2D eigenvalue weighted by Gasteiger charge is 2.21. The molecule has 0 atom stereocenters. The first-order valence-electron chi connectivity index (χ1n) is 9.81. The molecule has 28 heavy (non-hydrogen) atoms. The second-order valence-corrected chi connectivity index (χ2v) is 6.84. The molecular formula is C20H30N6O2. The maximum absolute atomic E-state index is 5.94. The number of H-pyrrole nitrogens is 1. The molecule has 0 bridgehead atoms. The monoisotopic (exact) mass is 386 g/mol. The van der Waals surface area contributed by atoms with Crippen molar-refractivity contribution in [2.24, 2.45) is 4.99 Å². The molecule has 0 aliphatic carbocycles. The number of nitrogens with zero attached hydrogens (tertiary/aromatic N) is 4. The maximum Gasteiger partial charge on any atom is 0.193 e. The summed E-state index contributed by atoms with van der Waals surface area (Å²) in [5.74, 6) is 1.71. The Hall–Kier alpha value is -2.45. The molecule has 2 aromatic rings. The number of aromatic nitrogens is 3. The SMILES string of the molecule is CN=C(NCc1cccc(-c2ncn[nH]2)c1)N1CCC(OCCCOC)CC1. The van der Waals surface area contributed by atoms with Crippen molar-refractivity contribution in [3.63, 3.8) is 0 Å². The van der Waals surface area contributed by atoms with Crippen molar-refractivity contribution in [2.45, 2.75) is 31.9 Å². The highest BCUT2D eigenvalue weighted by atomic mass is 16.5. The van der Waals surface area contributed by atoms with Crippen LogP contribution in [0, 0.1) is 0 Å². The lowest BCUT2D eigenvalue weighted by Crippen LogP contribution is -2.46. The van der Waals surface area contributed by atoms with Gasteiger partial charge in [-0.1, -0.05) is 18.2 Å². The summed E-state index contributed by atoms with van der Waals surface area (Å²) < 4.78 is 11.0. The van der Waals surface area contributed by atoms with E-state index in [1.165, 1.54) is 11.9 Å². The van der Waals surface area contributed by atoms with E-state index in [4.69, 9.17) is 9.47 Å². The molecule has 0 saturated carbocycles. The average Bonchev–Trinajstić information content (AvgIpc) is 3.28.